The van der Waals surface area contributed by atoms with Crippen LogP contribution in [0.4, 0.5) is 0 Å². The largest absolute Gasteiger partial charge is 0.497 e. The number of fused-ring (bicyclic) bond motifs is 1. The van der Waals surface area contributed by atoms with Crippen LogP contribution in [0.1, 0.15) is 6.92 Å². The fourth-order valence-corrected chi connectivity index (χ4v) is 3.18. The molecule has 1 heterocycles. The van der Waals surface area contributed by atoms with Crippen molar-refractivity contribution in [1.82, 2.24) is 4.57 Å². The van der Waals surface area contributed by atoms with Crippen LogP contribution >= 0.6 is 0 Å². The average Bonchev–Trinajstić information content (AvgIpc) is 2.75. The number of ether oxygens (including phenoxy) is 4. The summed E-state index contributed by atoms with van der Waals surface area (Å²) in [7, 11) is 4.60. The first-order chi connectivity index (χ1) is 14.0. The number of hydrogen-bond donors (Lipinski definition) is 0. The zero-order chi connectivity index (χ0) is 21.0. The molecule has 0 N–H and O–H groups in total. The van der Waals surface area contributed by atoms with Gasteiger partial charge in [-0.3, -0.25) is 9.59 Å². The van der Waals surface area contributed by atoms with Crippen LogP contribution in [0.2, 0.25) is 0 Å². The van der Waals surface area contributed by atoms with Gasteiger partial charge in [-0.25, -0.2) is 0 Å². The molecule has 0 unspecified atom stereocenters. The summed E-state index contributed by atoms with van der Waals surface area (Å²) >= 11 is 0. The quantitative estimate of drug-likeness (QED) is 0.570. The maximum atomic E-state index is 13.3. The molecule has 2 aromatic carbocycles. The van der Waals surface area contributed by atoms with Gasteiger partial charge in [-0.05, 0) is 24.6 Å². The molecule has 0 atom stereocenters. The van der Waals surface area contributed by atoms with E-state index in [1.165, 1.54) is 14.2 Å². The van der Waals surface area contributed by atoms with Crippen molar-refractivity contribution >= 4 is 16.9 Å². The highest BCUT2D eigenvalue weighted by molar-refractivity contribution is 5.91. The minimum absolute atomic E-state index is 0.0515. The van der Waals surface area contributed by atoms with Crippen LogP contribution in [0.25, 0.3) is 22.0 Å². The van der Waals surface area contributed by atoms with Crippen LogP contribution in [0, 0.1) is 0 Å². The Bertz CT molecular complexity index is 1090. The summed E-state index contributed by atoms with van der Waals surface area (Å²) in [5.41, 5.74) is 1.46. The van der Waals surface area contributed by atoms with Crippen molar-refractivity contribution in [2.45, 2.75) is 13.5 Å². The molecule has 0 fully saturated rings. The van der Waals surface area contributed by atoms with Gasteiger partial charge in [0.15, 0.2) is 0 Å². The molecular formula is C22H23NO6. The summed E-state index contributed by atoms with van der Waals surface area (Å²) in [6, 6.07) is 10.5. The smallest absolute Gasteiger partial charge is 0.325 e. The number of hydrogen-bond acceptors (Lipinski definition) is 6. The second-order valence-electron chi connectivity index (χ2n) is 6.26. The van der Waals surface area contributed by atoms with Crippen molar-refractivity contribution in [3.05, 3.63) is 52.8 Å². The number of rotatable bonds is 7. The Morgan fingerprint density at radius 2 is 1.66 bits per heavy atom. The van der Waals surface area contributed by atoms with E-state index in [4.69, 9.17) is 18.9 Å². The third-order valence-corrected chi connectivity index (χ3v) is 4.58. The Hall–Kier alpha value is -3.48. The average molecular weight is 397 g/mol. The maximum absolute atomic E-state index is 13.3. The lowest BCUT2D eigenvalue weighted by Gasteiger charge is -2.16. The van der Waals surface area contributed by atoms with E-state index < -0.39 is 5.97 Å². The Morgan fingerprint density at radius 1 is 0.966 bits per heavy atom. The molecule has 3 aromatic rings. The molecule has 7 heteroatoms. The van der Waals surface area contributed by atoms with Crippen molar-refractivity contribution in [1.29, 1.82) is 0 Å². The number of carbonyl (C=O) groups is 1. The van der Waals surface area contributed by atoms with Gasteiger partial charge in [0.1, 0.15) is 23.8 Å². The molecule has 0 saturated heterocycles. The van der Waals surface area contributed by atoms with E-state index >= 15 is 0 Å². The Balaban J connectivity index is 2.30. The van der Waals surface area contributed by atoms with Gasteiger partial charge in [0.2, 0.25) is 5.43 Å². The van der Waals surface area contributed by atoms with E-state index in [2.05, 4.69) is 0 Å². The molecule has 152 valence electrons. The normalized spacial score (nSPS) is 10.6. The number of aromatic nitrogens is 1. The van der Waals surface area contributed by atoms with E-state index in [-0.39, 0.29) is 18.6 Å². The topological polar surface area (TPSA) is 76.0 Å². The van der Waals surface area contributed by atoms with Crippen molar-refractivity contribution in [3.63, 3.8) is 0 Å². The van der Waals surface area contributed by atoms with E-state index in [0.29, 0.717) is 39.3 Å². The van der Waals surface area contributed by atoms with Gasteiger partial charge in [0.05, 0.1) is 38.8 Å². The second-order valence-corrected chi connectivity index (χ2v) is 6.26. The van der Waals surface area contributed by atoms with Gasteiger partial charge < -0.3 is 23.5 Å². The van der Waals surface area contributed by atoms with E-state index in [1.54, 1.807) is 61.2 Å². The first kappa shape index (κ1) is 20.3. The van der Waals surface area contributed by atoms with Gasteiger partial charge in [0.25, 0.3) is 0 Å². The Kier molecular flexibility index (Phi) is 6.07. The molecule has 0 aliphatic carbocycles. The highest BCUT2D eigenvalue weighted by Gasteiger charge is 2.18. The van der Waals surface area contributed by atoms with Gasteiger partial charge in [-0.1, -0.05) is 12.1 Å². The molecule has 3 rings (SSSR count). The first-order valence-electron chi connectivity index (χ1n) is 9.11. The van der Waals surface area contributed by atoms with Crippen LogP contribution in [-0.2, 0) is 16.1 Å². The standard InChI is InChI=1S/C22H23NO6/c1-5-29-20(24)13-23-12-17(14-6-8-15(26-2)9-7-14)22(25)21-18(23)10-16(27-3)11-19(21)28-4/h6-12H,5,13H2,1-4H3. The molecule has 1 aromatic heterocycles. The maximum Gasteiger partial charge on any atom is 0.325 e. The summed E-state index contributed by atoms with van der Waals surface area (Å²) in [6.45, 7) is 1.97. The highest BCUT2D eigenvalue weighted by atomic mass is 16.5. The van der Waals surface area contributed by atoms with Gasteiger partial charge in [0, 0.05) is 23.9 Å². The lowest BCUT2D eigenvalue weighted by atomic mass is 10.0. The fourth-order valence-electron chi connectivity index (χ4n) is 3.18. The summed E-state index contributed by atoms with van der Waals surface area (Å²) in [5, 5.41) is 0.367. The van der Waals surface area contributed by atoms with Crippen LogP contribution in [0.5, 0.6) is 17.2 Å². The van der Waals surface area contributed by atoms with E-state index in [9.17, 15) is 9.59 Å². The van der Waals surface area contributed by atoms with E-state index in [0.717, 1.165) is 0 Å². The Labute approximate surface area is 168 Å². The van der Waals surface area contributed by atoms with Crippen LogP contribution in [0.3, 0.4) is 0 Å². The molecule has 0 saturated carbocycles. The third-order valence-electron chi connectivity index (χ3n) is 4.58. The summed E-state index contributed by atoms with van der Waals surface area (Å²) in [4.78, 5) is 25.5. The predicted molar refractivity (Wildman–Crippen MR) is 110 cm³/mol. The van der Waals surface area contributed by atoms with Gasteiger partial charge in [-0.15, -0.1) is 0 Å². The van der Waals surface area contributed by atoms with Crippen molar-refractivity contribution < 1.29 is 23.7 Å². The van der Waals surface area contributed by atoms with Gasteiger partial charge >= 0.3 is 5.97 Å². The summed E-state index contributed by atoms with van der Waals surface area (Å²) < 4.78 is 22.8. The van der Waals surface area contributed by atoms with Crippen molar-refractivity contribution in [3.8, 4) is 28.4 Å². The van der Waals surface area contributed by atoms with Gasteiger partial charge in [-0.2, -0.15) is 0 Å². The molecule has 7 nitrogen and oxygen atoms in total. The molecule has 0 radical (unpaired) electrons. The number of esters is 1. The first-order valence-corrected chi connectivity index (χ1v) is 9.11. The predicted octanol–water partition coefficient (Wildman–Crippen LogP) is 3.26. The highest BCUT2D eigenvalue weighted by Crippen LogP contribution is 2.31. The Morgan fingerprint density at radius 3 is 2.24 bits per heavy atom. The molecule has 0 bridgehead atoms. The molecule has 0 aliphatic rings. The van der Waals surface area contributed by atoms with Crippen LogP contribution in [-0.4, -0.2) is 38.5 Å². The summed E-state index contributed by atoms with van der Waals surface area (Å²) in [5.74, 6) is 1.17. The third kappa shape index (κ3) is 4.03. The number of nitrogens with zero attached hydrogens (tertiary/aromatic N) is 1. The van der Waals surface area contributed by atoms with Crippen molar-refractivity contribution in [2.24, 2.45) is 0 Å². The van der Waals surface area contributed by atoms with E-state index in [1.807, 2.05) is 0 Å². The van der Waals surface area contributed by atoms with Crippen LogP contribution in [0.15, 0.2) is 47.4 Å². The number of pyridine rings is 1. The molecule has 0 spiro atoms. The number of benzene rings is 2. The zero-order valence-electron chi connectivity index (χ0n) is 16.9. The van der Waals surface area contributed by atoms with Crippen LogP contribution < -0.4 is 19.6 Å². The zero-order valence-corrected chi connectivity index (χ0v) is 16.9. The molecule has 0 amide bonds. The molecular weight excluding hydrogens is 374 g/mol. The second kappa shape index (κ2) is 8.68. The number of carbonyl (C=O) groups excluding carboxylic acids is 1. The summed E-state index contributed by atoms with van der Waals surface area (Å²) in [6.07, 6.45) is 1.66. The molecule has 29 heavy (non-hydrogen) atoms. The minimum Gasteiger partial charge on any atom is -0.497 e. The fraction of sp³-hybridized carbons (Fsp3) is 0.273. The minimum atomic E-state index is -0.403. The molecule has 0 aliphatic heterocycles. The van der Waals surface area contributed by atoms with Crippen molar-refractivity contribution in [2.75, 3.05) is 27.9 Å². The monoisotopic (exact) mass is 397 g/mol. The SMILES string of the molecule is CCOC(=O)Cn1cc(-c2ccc(OC)cc2)c(=O)c2c(OC)cc(OC)cc21. The number of methoxy groups -OCH3 is 3. The lowest BCUT2D eigenvalue weighted by Crippen LogP contribution is -2.18. The lowest BCUT2D eigenvalue weighted by molar-refractivity contribution is -0.143.